The fourth-order valence-electron chi connectivity index (χ4n) is 3.13. The molecule has 1 fully saturated rings. The summed E-state index contributed by atoms with van der Waals surface area (Å²) in [4.78, 5) is 2.32. The van der Waals surface area contributed by atoms with E-state index in [0.29, 0.717) is 17.3 Å². The SMILES string of the molecule is CC(C)n1c(O)c(N=NC(=S)NCCN2CCOCC2)c2ccccc21. The van der Waals surface area contributed by atoms with Crippen molar-refractivity contribution in [2.75, 3.05) is 39.4 Å². The van der Waals surface area contributed by atoms with Crippen molar-refractivity contribution in [2.24, 2.45) is 10.2 Å². The van der Waals surface area contributed by atoms with Crippen LogP contribution in [0.25, 0.3) is 10.9 Å². The first-order valence-corrected chi connectivity index (χ1v) is 9.30. The molecular formula is C18H25N5O2S. The Labute approximate surface area is 158 Å². The van der Waals surface area contributed by atoms with E-state index in [2.05, 4.69) is 20.4 Å². The minimum atomic E-state index is 0.112. The van der Waals surface area contributed by atoms with Crippen LogP contribution >= 0.6 is 12.2 Å². The van der Waals surface area contributed by atoms with Gasteiger partial charge in [-0.1, -0.05) is 18.2 Å². The molecule has 3 rings (SSSR count). The first-order chi connectivity index (χ1) is 12.6. The lowest BCUT2D eigenvalue weighted by Gasteiger charge is -2.26. The Morgan fingerprint density at radius 1 is 1.31 bits per heavy atom. The van der Waals surface area contributed by atoms with E-state index in [1.807, 2.05) is 42.7 Å². The molecule has 1 saturated heterocycles. The maximum Gasteiger partial charge on any atom is 0.221 e. The topological polar surface area (TPSA) is 74.4 Å². The molecule has 0 amide bonds. The second kappa shape index (κ2) is 8.57. The van der Waals surface area contributed by atoms with E-state index in [9.17, 15) is 5.11 Å². The fraction of sp³-hybridized carbons (Fsp3) is 0.500. The smallest absolute Gasteiger partial charge is 0.221 e. The van der Waals surface area contributed by atoms with E-state index in [0.717, 1.165) is 43.8 Å². The van der Waals surface area contributed by atoms with Crippen LogP contribution in [0.2, 0.25) is 0 Å². The van der Waals surface area contributed by atoms with Gasteiger partial charge in [-0.05, 0) is 32.1 Å². The molecular weight excluding hydrogens is 350 g/mol. The quantitative estimate of drug-likeness (QED) is 0.620. The van der Waals surface area contributed by atoms with Crippen molar-refractivity contribution < 1.29 is 9.84 Å². The van der Waals surface area contributed by atoms with Crippen LogP contribution in [0.4, 0.5) is 5.69 Å². The van der Waals surface area contributed by atoms with Crippen LogP contribution in [0.5, 0.6) is 5.88 Å². The molecule has 1 aliphatic rings. The molecule has 1 aromatic carbocycles. The molecule has 0 unspecified atom stereocenters. The van der Waals surface area contributed by atoms with Crippen LogP contribution < -0.4 is 5.32 Å². The van der Waals surface area contributed by atoms with Crippen molar-refractivity contribution in [1.82, 2.24) is 14.8 Å². The molecule has 2 aromatic rings. The third-order valence-electron chi connectivity index (χ3n) is 4.42. The van der Waals surface area contributed by atoms with Gasteiger partial charge in [-0.3, -0.25) is 4.90 Å². The van der Waals surface area contributed by atoms with Crippen molar-refractivity contribution in [1.29, 1.82) is 0 Å². The highest BCUT2D eigenvalue weighted by molar-refractivity contribution is 7.80. The second-order valence-electron chi connectivity index (χ2n) is 6.54. The monoisotopic (exact) mass is 375 g/mol. The van der Waals surface area contributed by atoms with Crippen LogP contribution in [-0.2, 0) is 4.74 Å². The summed E-state index contributed by atoms with van der Waals surface area (Å²) in [6.07, 6.45) is 0. The Balaban J connectivity index is 1.66. The third-order valence-corrected chi connectivity index (χ3v) is 4.65. The van der Waals surface area contributed by atoms with E-state index in [-0.39, 0.29) is 11.9 Å². The summed E-state index contributed by atoms with van der Waals surface area (Å²) < 4.78 is 7.18. The summed E-state index contributed by atoms with van der Waals surface area (Å²) in [5.41, 5.74) is 1.38. The van der Waals surface area contributed by atoms with Crippen molar-refractivity contribution in [2.45, 2.75) is 19.9 Å². The lowest BCUT2D eigenvalue weighted by atomic mass is 10.2. The highest BCUT2D eigenvalue weighted by Crippen LogP contribution is 2.40. The van der Waals surface area contributed by atoms with E-state index in [4.69, 9.17) is 17.0 Å². The number of nitrogens with zero attached hydrogens (tertiary/aromatic N) is 4. The molecule has 0 aliphatic carbocycles. The molecule has 7 nitrogen and oxygen atoms in total. The largest absolute Gasteiger partial charge is 0.493 e. The Hall–Kier alpha value is -2.03. The van der Waals surface area contributed by atoms with Gasteiger partial charge >= 0.3 is 0 Å². The van der Waals surface area contributed by atoms with Crippen LogP contribution in [0, 0.1) is 0 Å². The van der Waals surface area contributed by atoms with Gasteiger partial charge in [0.25, 0.3) is 0 Å². The molecule has 140 valence electrons. The van der Waals surface area contributed by atoms with Gasteiger partial charge in [-0.15, -0.1) is 10.2 Å². The Morgan fingerprint density at radius 3 is 2.77 bits per heavy atom. The molecule has 8 heteroatoms. The number of para-hydroxylation sites is 1. The van der Waals surface area contributed by atoms with Gasteiger partial charge in [0.2, 0.25) is 11.0 Å². The summed E-state index contributed by atoms with van der Waals surface area (Å²) >= 11 is 5.24. The first kappa shape index (κ1) is 18.8. The highest BCUT2D eigenvalue weighted by atomic mass is 32.1. The Kier molecular flexibility index (Phi) is 6.18. The van der Waals surface area contributed by atoms with Crippen LogP contribution in [0.15, 0.2) is 34.5 Å². The number of rotatable bonds is 5. The molecule has 0 spiro atoms. The molecule has 1 aromatic heterocycles. The lowest BCUT2D eigenvalue weighted by molar-refractivity contribution is 0.0389. The Morgan fingerprint density at radius 2 is 2.04 bits per heavy atom. The number of thiocarbonyl (C=S) groups is 1. The third kappa shape index (κ3) is 4.20. The zero-order chi connectivity index (χ0) is 18.5. The van der Waals surface area contributed by atoms with E-state index >= 15 is 0 Å². The number of hydrogen-bond donors (Lipinski definition) is 2. The minimum Gasteiger partial charge on any atom is -0.493 e. The minimum absolute atomic E-state index is 0.112. The molecule has 26 heavy (non-hydrogen) atoms. The van der Waals surface area contributed by atoms with Gasteiger partial charge in [0.1, 0.15) is 0 Å². The van der Waals surface area contributed by atoms with Gasteiger partial charge in [0, 0.05) is 37.6 Å². The molecule has 0 radical (unpaired) electrons. The summed E-state index contributed by atoms with van der Waals surface area (Å²) in [5.74, 6) is 0.112. The summed E-state index contributed by atoms with van der Waals surface area (Å²) in [5, 5.41) is 23.2. The number of benzene rings is 1. The number of nitrogens with one attached hydrogen (secondary N) is 1. The van der Waals surface area contributed by atoms with Crippen molar-refractivity contribution >= 4 is 33.9 Å². The van der Waals surface area contributed by atoms with Gasteiger partial charge in [-0.2, -0.15) is 0 Å². The highest BCUT2D eigenvalue weighted by Gasteiger charge is 2.18. The van der Waals surface area contributed by atoms with E-state index in [1.54, 1.807) is 0 Å². The maximum absolute atomic E-state index is 10.6. The number of aromatic hydroxyl groups is 1. The normalized spacial score (nSPS) is 16.0. The molecule has 0 atom stereocenters. The molecule has 0 bridgehead atoms. The van der Waals surface area contributed by atoms with Gasteiger partial charge in [-0.25, -0.2) is 0 Å². The number of hydrogen-bond acceptors (Lipinski definition) is 5. The number of morpholine rings is 1. The maximum atomic E-state index is 10.6. The molecule has 2 N–H and O–H groups in total. The van der Waals surface area contributed by atoms with Crippen molar-refractivity contribution in [3.8, 4) is 5.88 Å². The zero-order valence-corrected chi connectivity index (χ0v) is 16.0. The summed E-state index contributed by atoms with van der Waals surface area (Å²) in [6, 6.07) is 7.87. The average molecular weight is 375 g/mol. The first-order valence-electron chi connectivity index (χ1n) is 8.89. The predicted molar refractivity (Wildman–Crippen MR) is 106 cm³/mol. The van der Waals surface area contributed by atoms with Crippen LogP contribution in [0.3, 0.4) is 0 Å². The zero-order valence-electron chi connectivity index (χ0n) is 15.2. The summed E-state index contributed by atoms with van der Waals surface area (Å²) in [6.45, 7) is 9.08. The molecule has 0 saturated carbocycles. The molecule has 2 heterocycles. The molecule has 1 aliphatic heterocycles. The average Bonchev–Trinajstić information content (AvgIpc) is 2.92. The number of fused-ring (bicyclic) bond motifs is 1. The van der Waals surface area contributed by atoms with Crippen molar-refractivity contribution in [3.63, 3.8) is 0 Å². The van der Waals surface area contributed by atoms with Crippen LogP contribution in [-0.4, -0.2) is 59.1 Å². The number of azo groups is 1. The van der Waals surface area contributed by atoms with Gasteiger partial charge in [0.15, 0.2) is 5.69 Å². The lowest BCUT2D eigenvalue weighted by Crippen LogP contribution is -2.40. The number of aromatic nitrogens is 1. The van der Waals surface area contributed by atoms with Crippen LogP contribution in [0.1, 0.15) is 19.9 Å². The number of ether oxygens (including phenoxy) is 1. The van der Waals surface area contributed by atoms with E-state index in [1.165, 1.54) is 0 Å². The van der Waals surface area contributed by atoms with Crippen molar-refractivity contribution in [3.05, 3.63) is 24.3 Å². The Bertz CT molecular complexity index is 796. The second-order valence-corrected chi connectivity index (χ2v) is 6.93. The van der Waals surface area contributed by atoms with Gasteiger partial charge < -0.3 is 19.7 Å². The summed E-state index contributed by atoms with van der Waals surface area (Å²) in [7, 11) is 0. The van der Waals surface area contributed by atoms with E-state index < -0.39 is 0 Å². The fourth-order valence-corrected chi connectivity index (χ4v) is 3.27. The van der Waals surface area contributed by atoms with Gasteiger partial charge in [0.05, 0.1) is 18.7 Å². The standard InChI is InChI=1S/C18H25N5O2S/c1-13(2)23-15-6-4-3-5-14(15)16(17(23)24)20-21-18(26)19-7-8-22-9-11-25-12-10-22/h3-6,13,24H,7-12H2,1-2H3,(H,19,26). The predicted octanol–water partition coefficient (Wildman–Crippen LogP) is 3.22.